The van der Waals surface area contributed by atoms with Gasteiger partial charge < -0.3 is 27.4 Å². The summed E-state index contributed by atoms with van der Waals surface area (Å²) in [7, 11) is 0. The van der Waals surface area contributed by atoms with Crippen LogP contribution in [0.25, 0.3) is 165 Å². The van der Waals surface area contributed by atoms with Crippen LogP contribution in [0.5, 0.6) is 0 Å². The highest BCUT2D eigenvalue weighted by atomic mass is 15.1. The third-order valence-corrected chi connectivity index (χ3v) is 25.8. The van der Waals surface area contributed by atoms with Crippen LogP contribution in [0.15, 0.2) is 273 Å². The first-order valence-electron chi connectivity index (χ1n) is 41.8. The summed E-state index contributed by atoms with van der Waals surface area (Å²) >= 11 is 0. The summed E-state index contributed by atoms with van der Waals surface area (Å²) in [6.45, 7) is 39.3. The molecular formula is C110H98N8. The number of fused-ring (bicyclic) bond motifs is 18. The normalized spacial score (nSPS) is 13.0. The SMILES string of the molecule is CC(C)(C)c1ccc2c(c1)c1cc(C(C)(C)C)ccc1n2-c1cc(C#N)c(-n2c3ccc(C(C)(C)C)cc3c3cc(C(C)(C)Cc4ccc5c(c4)c4ccccc4n5-c4cc(-n5c6ccccc6c6ccccc65)cc(C#N)c4-n4c5ccccc5c5ccccc54)ccc32)c(-n2c3ccc(C(C)(C)C)cc3c3cc(C(C)(C)C)ccc32)c1. The quantitative estimate of drug-likeness (QED) is 0.144. The van der Waals surface area contributed by atoms with Crippen LogP contribution < -0.4 is 0 Å². The Kier molecular flexibility index (Phi) is 16.2. The molecule has 0 unspecified atom stereocenters. The molecule has 0 N–H and O–H groups in total. The second-order valence-corrected chi connectivity index (χ2v) is 39.1. The molecule has 0 bridgehead atoms. The number of nitrogens with zero attached hydrogens (tertiary/aromatic N) is 8. The van der Waals surface area contributed by atoms with Crippen molar-refractivity contribution >= 4 is 131 Å². The average Bonchev–Trinajstić information content (AvgIpc) is 1.55. The van der Waals surface area contributed by atoms with Crippen molar-refractivity contribution in [3.05, 3.63) is 323 Å². The molecule has 0 aliphatic rings. The minimum atomic E-state index is -0.395. The molecule has 6 aromatic heterocycles. The molecule has 20 aromatic rings. The van der Waals surface area contributed by atoms with Crippen LogP contribution >= 0.6 is 0 Å². The van der Waals surface area contributed by atoms with Gasteiger partial charge in [-0.05, 0) is 217 Å². The summed E-state index contributed by atoms with van der Waals surface area (Å²) in [5.41, 5.74) is 26.9. The largest absolute Gasteiger partial charge is 0.309 e. The summed E-state index contributed by atoms with van der Waals surface area (Å²) < 4.78 is 14.4. The van der Waals surface area contributed by atoms with E-state index >= 15 is 0 Å². The van der Waals surface area contributed by atoms with Crippen LogP contribution in [0.2, 0.25) is 0 Å². The van der Waals surface area contributed by atoms with E-state index in [4.69, 9.17) is 0 Å². The molecule has 0 aliphatic heterocycles. The van der Waals surface area contributed by atoms with Crippen molar-refractivity contribution in [1.82, 2.24) is 27.4 Å². The van der Waals surface area contributed by atoms with Crippen LogP contribution in [-0.4, -0.2) is 27.4 Å². The van der Waals surface area contributed by atoms with Crippen molar-refractivity contribution in [3.63, 3.8) is 0 Å². The first kappa shape index (κ1) is 73.7. The highest BCUT2D eigenvalue weighted by Crippen LogP contribution is 2.49. The van der Waals surface area contributed by atoms with Gasteiger partial charge >= 0.3 is 0 Å². The maximum absolute atomic E-state index is 12.4. The lowest BCUT2D eigenvalue weighted by molar-refractivity contribution is 0.523. The Hall–Kier alpha value is -13.1. The summed E-state index contributed by atoms with van der Waals surface area (Å²) in [6.07, 6.45) is 0.734. The van der Waals surface area contributed by atoms with E-state index < -0.39 is 5.41 Å². The third-order valence-electron chi connectivity index (χ3n) is 25.8. The molecule has 0 fully saturated rings. The Morgan fingerprint density at radius 3 is 0.754 bits per heavy atom. The molecule has 8 nitrogen and oxygen atoms in total. The molecule has 8 heteroatoms. The number of hydrogen-bond donors (Lipinski definition) is 0. The molecular weight excluding hydrogens is 1430 g/mol. The van der Waals surface area contributed by atoms with Crippen LogP contribution in [0.1, 0.15) is 168 Å². The highest BCUT2D eigenvalue weighted by molar-refractivity contribution is 6.16. The number of rotatable bonds is 9. The van der Waals surface area contributed by atoms with Crippen LogP contribution in [-0.2, 0) is 38.9 Å². The molecule has 0 aliphatic carbocycles. The summed E-state index contributed by atoms with van der Waals surface area (Å²) in [6, 6.07) is 108. The number of nitriles is 2. The molecule has 14 aromatic carbocycles. The van der Waals surface area contributed by atoms with Crippen molar-refractivity contribution in [1.29, 1.82) is 10.5 Å². The van der Waals surface area contributed by atoms with E-state index in [2.05, 4.69) is 430 Å². The zero-order valence-electron chi connectivity index (χ0n) is 70.8. The van der Waals surface area contributed by atoms with Crippen LogP contribution in [0, 0.1) is 22.7 Å². The van der Waals surface area contributed by atoms with Crippen LogP contribution in [0.3, 0.4) is 0 Å². The van der Waals surface area contributed by atoms with Gasteiger partial charge in [-0.3, -0.25) is 0 Å². The predicted octanol–water partition coefficient (Wildman–Crippen LogP) is 29.0. The monoisotopic (exact) mass is 1530 g/mol. The second kappa shape index (κ2) is 25.9. The van der Waals surface area contributed by atoms with Gasteiger partial charge in [0, 0.05) is 76.0 Å². The molecule has 0 atom stereocenters. The van der Waals surface area contributed by atoms with Gasteiger partial charge in [-0.1, -0.05) is 251 Å². The zero-order chi connectivity index (χ0) is 81.9. The first-order valence-corrected chi connectivity index (χ1v) is 41.8. The van der Waals surface area contributed by atoms with E-state index in [9.17, 15) is 10.5 Å². The second-order valence-electron chi connectivity index (χ2n) is 39.1. The molecule has 0 radical (unpaired) electrons. The van der Waals surface area contributed by atoms with Gasteiger partial charge in [-0.2, -0.15) is 10.5 Å². The Morgan fingerprint density at radius 1 is 0.220 bits per heavy atom. The summed E-state index contributed by atoms with van der Waals surface area (Å²) in [5.74, 6) is 0. The van der Waals surface area contributed by atoms with E-state index in [1.807, 2.05) is 0 Å². The fourth-order valence-electron chi connectivity index (χ4n) is 19.4. The third kappa shape index (κ3) is 11.4. The van der Waals surface area contributed by atoms with Crippen molar-refractivity contribution < 1.29 is 0 Å². The Morgan fingerprint density at radius 2 is 0.449 bits per heavy atom. The molecule has 20 rings (SSSR count). The lowest BCUT2D eigenvalue weighted by Gasteiger charge is -2.26. The number of aromatic nitrogens is 6. The number of hydrogen-bond acceptors (Lipinski definition) is 2. The van der Waals surface area contributed by atoms with Gasteiger partial charge in [0.05, 0.1) is 100 Å². The lowest BCUT2D eigenvalue weighted by Crippen LogP contribution is -2.20. The predicted molar refractivity (Wildman–Crippen MR) is 499 cm³/mol. The molecule has 118 heavy (non-hydrogen) atoms. The number of benzene rings is 14. The molecule has 0 saturated heterocycles. The van der Waals surface area contributed by atoms with Gasteiger partial charge in [0.15, 0.2) is 0 Å². The van der Waals surface area contributed by atoms with Gasteiger partial charge in [-0.25, -0.2) is 0 Å². The Balaban J connectivity index is 0.795. The van der Waals surface area contributed by atoms with Crippen molar-refractivity contribution in [2.45, 2.75) is 157 Å². The van der Waals surface area contributed by atoms with E-state index in [-0.39, 0.29) is 27.1 Å². The standard InChI is InChI=1S/C110H98N8/c1-105(2,3)69-39-46-94-83(55-69)84-56-70(106(4,5)6)40-47-95(84)114(94)76-54-68(65-112)104(102(62-76)116-97-48-41-71(107(7,8)9)57-85(97)86-58-72(108(10,11)12)42-49-98(86)116)118-99-50-43-73(109(13,14)15)59-87(99)88-60-74(44-51-100(88)118)110(16,17)63-66-38-45-96-82(52-66)81-32-22-25-35-91(81)115(96)101-61-75(113-89-33-23-18-28-77(89)78-29-19-24-34-90(78)113)53-67(64-111)103(101)117-92-36-26-20-30-79(92)80-31-21-27-37-93(80)117/h18-62H,63H2,1-17H3. The average molecular weight is 1530 g/mol. The van der Waals surface area contributed by atoms with Crippen molar-refractivity contribution in [2.24, 2.45) is 0 Å². The number of para-hydroxylation sites is 5. The van der Waals surface area contributed by atoms with Crippen molar-refractivity contribution in [3.8, 4) is 46.3 Å². The molecule has 0 saturated carbocycles. The fourth-order valence-corrected chi connectivity index (χ4v) is 19.4. The summed E-state index contributed by atoms with van der Waals surface area (Å²) in [5, 5.41) is 38.1. The lowest BCUT2D eigenvalue weighted by atomic mass is 9.78. The van der Waals surface area contributed by atoms with E-state index in [1.165, 1.54) is 60.5 Å². The minimum Gasteiger partial charge on any atom is -0.309 e. The molecule has 0 amide bonds. The highest BCUT2D eigenvalue weighted by Gasteiger charge is 2.33. The van der Waals surface area contributed by atoms with Gasteiger partial charge in [-0.15, -0.1) is 0 Å². The van der Waals surface area contributed by atoms with Gasteiger partial charge in [0.1, 0.15) is 12.1 Å². The van der Waals surface area contributed by atoms with Gasteiger partial charge in [0.2, 0.25) is 0 Å². The zero-order valence-corrected chi connectivity index (χ0v) is 70.8. The minimum absolute atomic E-state index is 0.0868. The summed E-state index contributed by atoms with van der Waals surface area (Å²) in [4.78, 5) is 0. The Bertz CT molecular complexity index is 7530. The first-order chi connectivity index (χ1) is 56.3. The van der Waals surface area contributed by atoms with Crippen molar-refractivity contribution in [2.75, 3.05) is 0 Å². The van der Waals surface area contributed by atoms with E-state index in [0.29, 0.717) is 11.1 Å². The molecule has 0 spiro atoms. The smallest absolute Gasteiger partial charge is 0.101 e. The topological polar surface area (TPSA) is 77.2 Å². The molecule has 578 valence electrons. The maximum atomic E-state index is 12.4. The van der Waals surface area contributed by atoms with E-state index in [0.717, 1.165) is 150 Å². The van der Waals surface area contributed by atoms with Crippen LogP contribution in [0.4, 0.5) is 0 Å². The maximum Gasteiger partial charge on any atom is 0.101 e. The Labute approximate surface area is 690 Å². The van der Waals surface area contributed by atoms with Gasteiger partial charge in [0.25, 0.3) is 0 Å². The van der Waals surface area contributed by atoms with E-state index in [1.54, 1.807) is 0 Å². The molecule has 6 heterocycles. The fraction of sp³-hybridized carbons (Fsp3) is 0.218.